The molecule has 1 aliphatic heterocycles. The Labute approximate surface area is 226 Å². The molecule has 0 spiro atoms. The smallest absolute Gasteiger partial charge is 0.233 e. The van der Waals surface area contributed by atoms with Gasteiger partial charge in [0.05, 0.1) is 32.3 Å². The maximum absolute atomic E-state index is 13.6. The molecule has 0 aromatic heterocycles. The maximum atomic E-state index is 13.6. The molecule has 0 bridgehead atoms. The van der Waals surface area contributed by atoms with Crippen LogP contribution in [-0.2, 0) is 4.79 Å². The van der Waals surface area contributed by atoms with E-state index in [1.54, 1.807) is 43.4 Å². The van der Waals surface area contributed by atoms with Crippen molar-refractivity contribution in [3.8, 4) is 22.6 Å². The van der Waals surface area contributed by atoms with Gasteiger partial charge in [-0.1, -0.05) is 36.4 Å². The van der Waals surface area contributed by atoms with Gasteiger partial charge in [-0.2, -0.15) is 0 Å². The predicted octanol–water partition coefficient (Wildman–Crippen LogP) is 6.87. The van der Waals surface area contributed by atoms with Gasteiger partial charge < -0.3 is 19.5 Å². The van der Waals surface area contributed by atoms with Gasteiger partial charge in [0.25, 0.3) is 0 Å². The van der Waals surface area contributed by atoms with Gasteiger partial charge >= 0.3 is 0 Å². The molecule has 4 aromatic rings. The molecule has 1 N–H and O–H groups in total. The van der Waals surface area contributed by atoms with Crippen molar-refractivity contribution >= 4 is 11.6 Å². The lowest BCUT2D eigenvalue weighted by Crippen LogP contribution is -2.55. The van der Waals surface area contributed by atoms with E-state index in [-0.39, 0.29) is 29.5 Å². The minimum Gasteiger partial charge on any atom is -0.497 e. The number of halogens is 2. The van der Waals surface area contributed by atoms with E-state index in [9.17, 15) is 18.7 Å². The lowest BCUT2D eigenvalue weighted by molar-refractivity contribution is -0.131. The Morgan fingerprint density at radius 1 is 0.846 bits per heavy atom. The first kappa shape index (κ1) is 26.4. The number of carbonyl (C=O) groups excluding carboxylic acids is 1. The molecule has 5 rings (SSSR count). The van der Waals surface area contributed by atoms with E-state index < -0.39 is 6.10 Å². The zero-order valence-electron chi connectivity index (χ0n) is 21.7. The number of hydrogen-bond donors (Lipinski definition) is 1. The van der Waals surface area contributed by atoms with E-state index in [4.69, 9.17) is 9.47 Å². The van der Waals surface area contributed by atoms with E-state index in [0.717, 1.165) is 16.7 Å². The van der Waals surface area contributed by atoms with Crippen molar-refractivity contribution in [1.82, 2.24) is 0 Å². The van der Waals surface area contributed by atoms with Gasteiger partial charge in [-0.3, -0.25) is 4.79 Å². The number of rotatable bonds is 9. The summed E-state index contributed by atoms with van der Waals surface area (Å²) in [5.41, 5.74) is 4.00. The Bertz CT molecular complexity index is 1440. The quantitative estimate of drug-likeness (QED) is 0.241. The normalized spacial score (nSPS) is 17.5. The van der Waals surface area contributed by atoms with Crippen LogP contribution in [0.5, 0.6) is 11.5 Å². The summed E-state index contributed by atoms with van der Waals surface area (Å²) in [7, 11) is 3.21. The minimum absolute atomic E-state index is 0.0844. The minimum atomic E-state index is -0.816. The summed E-state index contributed by atoms with van der Waals surface area (Å²) in [6.45, 7) is 0. The van der Waals surface area contributed by atoms with Crippen LogP contribution in [0, 0.1) is 17.6 Å². The average Bonchev–Trinajstić information content (AvgIpc) is 2.97. The van der Waals surface area contributed by atoms with Crippen molar-refractivity contribution in [2.75, 3.05) is 19.1 Å². The Balaban J connectivity index is 1.41. The molecule has 0 unspecified atom stereocenters. The first-order chi connectivity index (χ1) is 18.9. The highest BCUT2D eigenvalue weighted by Gasteiger charge is 2.48. The molecule has 1 aliphatic rings. The summed E-state index contributed by atoms with van der Waals surface area (Å²) in [6.07, 6.45) is -0.0334. The summed E-state index contributed by atoms with van der Waals surface area (Å²) in [5, 5.41) is 10.7. The first-order valence-corrected chi connectivity index (χ1v) is 12.7. The number of hydrogen-bond acceptors (Lipinski definition) is 4. The largest absolute Gasteiger partial charge is 0.497 e. The van der Waals surface area contributed by atoms with Crippen LogP contribution in [0.15, 0.2) is 91.0 Å². The van der Waals surface area contributed by atoms with Crippen LogP contribution < -0.4 is 14.4 Å². The van der Waals surface area contributed by atoms with Crippen LogP contribution in [0.4, 0.5) is 14.5 Å². The second-order valence-electron chi connectivity index (χ2n) is 9.57. The number of benzene rings is 4. The zero-order valence-corrected chi connectivity index (χ0v) is 21.7. The molecule has 4 aromatic carbocycles. The van der Waals surface area contributed by atoms with E-state index in [2.05, 4.69) is 0 Å². The third kappa shape index (κ3) is 5.36. The zero-order chi connectivity index (χ0) is 27.5. The average molecular weight is 530 g/mol. The van der Waals surface area contributed by atoms with E-state index >= 15 is 0 Å². The number of carbonyl (C=O) groups is 1. The lowest BCUT2D eigenvalue weighted by atomic mass is 9.78. The lowest BCUT2D eigenvalue weighted by Gasteiger charge is -2.48. The van der Waals surface area contributed by atoms with Crippen molar-refractivity contribution in [3.63, 3.8) is 0 Å². The first-order valence-electron chi connectivity index (χ1n) is 12.7. The van der Waals surface area contributed by atoms with Crippen molar-refractivity contribution in [2.24, 2.45) is 5.92 Å². The standard InChI is InChI=1S/C32H29F2NO4/c1-38-26-15-16-27(30(19-26)39-2)20-3-5-22(6-4-20)31-28(17-18-29(36)21-7-9-23(33)10-8-21)32(37)35(31)25-13-11-24(34)12-14-25/h3-16,19,28-29,31,36H,17-18H2,1-2H3/t28-,29+,31-/m1/s1. The summed E-state index contributed by atoms with van der Waals surface area (Å²) in [6, 6.07) is 24.9. The Morgan fingerprint density at radius 3 is 2.10 bits per heavy atom. The number of nitrogens with zero attached hydrogens (tertiary/aromatic N) is 1. The second-order valence-corrected chi connectivity index (χ2v) is 9.57. The number of anilines is 1. The van der Waals surface area contributed by atoms with Crippen molar-refractivity contribution < 1.29 is 28.2 Å². The second kappa shape index (κ2) is 11.3. The molecule has 0 saturated carbocycles. The number of aliphatic hydroxyl groups is 1. The molecule has 1 saturated heterocycles. The van der Waals surface area contributed by atoms with Gasteiger partial charge in [0.1, 0.15) is 23.1 Å². The molecule has 1 amide bonds. The summed E-state index contributed by atoms with van der Waals surface area (Å²) in [5.74, 6) is 0.179. The Hall–Kier alpha value is -4.23. The third-order valence-electron chi connectivity index (χ3n) is 7.30. The molecule has 200 valence electrons. The third-order valence-corrected chi connectivity index (χ3v) is 7.30. The number of β-lactam (4-membered cyclic amide) rings is 1. The maximum Gasteiger partial charge on any atom is 0.233 e. The highest BCUT2D eigenvalue weighted by molar-refractivity contribution is 6.03. The highest BCUT2D eigenvalue weighted by Crippen LogP contribution is 2.47. The van der Waals surface area contributed by atoms with Gasteiger partial charge in [-0.25, -0.2) is 8.78 Å². The molecular formula is C32H29F2NO4. The topological polar surface area (TPSA) is 59.0 Å². The summed E-state index contributed by atoms with van der Waals surface area (Å²) >= 11 is 0. The number of amides is 1. The Kier molecular flexibility index (Phi) is 7.61. The molecule has 1 fully saturated rings. The SMILES string of the molecule is COc1ccc(-c2ccc([C@@H]3[C@@H](CC[C@H](O)c4ccc(F)cc4)C(=O)N3c3ccc(F)cc3)cc2)c(OC)c1. The van der Waals surface area contributed by atoms with Crippen LogP contribution in [0.1, 0.15) is 36.1 Å². The van der Waals surface area contributed by atoms with Crippen molar-refractivity contribution in [2.45, 2.75) is 25.0 Å². The Morgan fingerprint density at radius 2 is 1.49 bits per heavy atom. The van der Waals surface area contributed by atoms with E-state index in [0.29, 0.717) is 35.6 Å². The highest BCUT2D eigenvalue weighted by atomic mass is 19.1. The number of ether oxygens (including phenoxy) is 2. The van der Waals surface area contributed by atoms with Crippen molar-refractivity contribution in [3.05, 3.63) is 114 Å². The molecule has 39 heavy (non-hydrogen) atoms. The predicted molar refractivity (Wildman–Crippen MR) is 146 cm³/mol. The number of methoxy groups -OCH3 is 2. The monoisotopic (exact) mass is 529 g/mol. The van der Waals surface area contributed by atoms with E-state index in [1.165, 1.54) is 24.3 Å². The van der Waals surface area contributed by atoms with Gasteiger partial charge in [-0.15, -0.1) is 0 Å². The van der Waals surface area contributed by atoms with Crippen LogP contribution in [0.25, 0.3) is 11.1 Å². The van der Waals surface area contributed by atoms with E-state index in [1.807, 2.05) is 42.5 Å². The van der Waals surface area contributed by atoms with Crippen molar-refractivity contribution in [1.29, 1.82) is 0 Å². The molecule has 5 nitrogen and oxygen atoms in total. The molecule has 3 atom stereocenters. The fourth-order valence-electron chi connectivity index (χ4n) is 5.19. The molecule has 1 heterocycles. The van der Waals surface area contributed by atoms with Crippen LogP contribution in [0.3, 0.4) is 0 Å². The van der Waals surface area contributed by atoms with Crippen LogP contribution >= 0.6 is 0 Å². The van der Waals surface area contributed by atoms with Gasteiger partial charge in [-0.05, 0) is 78.1 Å². The molecule has 7 heteroatoms. The molecule has 0 radical (unpaired) electrons. The number of aliphatic hydroxyl groups excluding tert-OH is 1. The van der Waals surface area contributed by atoms with Crippen LogP contribution in [0.2, 0.25) is 0 Å². The summed E-state index contributed by atoms with van der Waals surface area (Å²) < 4.78 is 37.8. The fraction of sp³-hybridized carbons (Fsp3) is 0.219. The summed E-state index contributed by atoms with van der Waals surface area (Å²) in [4.78, 5) is 15.0. The molecule has 0 aliphatic carbocycles. The van der Waals surface area contributed by atoms with Gasteiger partial charge in [0, 0.05) is 17.3 Å². The van der Waals surface area contributed by atoms with Gasteiger partial charge in [0.15, 0.2) is 0 Å². The fourth-order valence-corrected chi connectivity index (χ4v) is 5.19. The van der Waals surface area contributed by atoms with Crippen LogP contribution in [-0.4, -0.2) is 25.2 Å². The molecular weight excluding hydrogens is 500 g/mol. The van der Waals surface area contributed by atoms with Gasteiger partial charge in [0.2, 0.25) is 5.91 Å².